The van der Waals surface area contributed by atoms with E-state index in [-0.39, 0.29) is 30.3 Å². The summed E-state index contributed by atoms with van der Waals surface area (Å²) in [6.45, 7) is 3.32. The van der Waals surface area contributed by atoms with Gasteiger partial charge in [0.25, 0.3) is 0 Å². The molecule has 0 saturated carbocycles. The maximum atomic E-state index is 13.3. The van der Waals surface area contributed by atoms with Crippen LogP contribution in [0.1, 0.15) is 29.7 Å². The first-order chi connectivity index (χ1) is 14.0. The SMILES string of the molecule is CNc1c(C)cccc1N(C)C(=O)[C@@H]1CCC(=O)N1c1cc(C(F)(F)F)cc(C)n1. The predicted octanol–water partition coefficient (Wildman–Crippen LogP) is 3.92. The molecule has 160 valence electrons. The van der Waals surface area contributed by atoms with Crippen LogP contribution in [0.2, 0.25) is 0 Å². The highest BCUT2D eigenvalue weighted by Gasteiger charge is 2.41. The number of hydrogen-bond donors (Lipinski definition) is 1. The van der Waals surface area contributed by atoms with Crippen molar-refractivity contribution in [1.29, 1.82) is 0 Å². The molecule has 9 heteroatoms. The first-order valence-corrected chi connectivity index (χ1v) is 9.47. The molecule has 0 bridgehead atoms. The molecule has 0 aliphatic carbocycles. The molecular weight excluding hydrogens is 397 g/mol. The zero-order valence-electron chi connectivity index (χ0n) is 17.2. The van der Waals surface area contributed by atoms with Crippen molar-refractivity contribution in [3.63, 3.8) is 0 Å². The lowest BCUT2D eigenvalue weighted by Gasteiger charge is -2.29. The highest BCUT2D eigenvalue weighted by molar-refractivity contribution is 6.09. The largest absolute Gasteiger partial charge is 0.416 e. The third-order valence-corrected chi connectivity index (χ3v) is 5.20. The van der Waals surface area contributed by atoms with E-state index in [4.69, 9.17) is 0 Å². The Bertz CT molecular complexity index is 991. The summed E-state index contributed by atoms with van der Waals surface area (Å²) in [6, 6.07) is 6.29. The molecule has 6 nitrogen and oxygen atoms in total. The number of likely N-dealkylation sites (N-methyl/N-ethyl adjacent to an activating group) is 1. The molecule has 1 atom stereocenters. The molecule has 1 aromatic carbocycles. The molecule has 1 aliphatic rings. The van der Waals surface area contributed by atoms with Gasteiger partial charge in [-0.2, -0.15) is 13.2 Å². The molecule has 0 spiro atoms. The van der Waals surface area contributed by atoms with Crippen molar-refractivity contribution in [2.45, 2.75) is 38.9 Å². The number of hydrogen-bond acceptors (Lipinski definition) is 4. The molecule has 30 heavy (non-hydrogen) atoms. The zero-order chi connectivity index (χ0) is 22.2. The van der Waals surface area contributed by atoms with Gasteiger partial charge in [-0.3, -0.25) is 14.5 Å². The summed E-state index contributed by atoms with van der Waals surface area (Å²) in [6.07, 6.45) is -4.31. The monoisotopic (exact) mass is 420 g/mol. The first-order valence-electron chi connectivity index (χ1n) is 9.47. The maximum absolute atomic E-state index is 13.3. The van der Waals surface area contributed by atoms with Gasteiger partial charge in [-0.1, -0.05) is 12.1 Å². The fraction of sp³-hybridized carbons (Fsp3) is 0.381. The maximum Gasteiger partial charge on any atom is 0.416 e. The number of carbonyl (C=O) groups is 2. The summed E-state index contributed by atoms with van der Waals surface area (Å²) in [4.78, 5) is 32.4. The van der Waals surface area contributed by atoms with Crippen LogP contribution >= 0.6 is 0 Å². The summed E-state index contributed by atoms with van der Waals surface area (Å²) >= 11 is 0. The number of rotatable bonds is 4. The van der Waals surface area contributed by atoms with E-state index >= 15 is 0 Å². The van der Waals surface area contributed by atoms with Crippen molar-refractivity contribution in [2.75, 3.05) is 29.2 Å². The standard InChI is InChI=1S/C21H23F3N4O2/c1-12-6-5-7-15(19(12)25-3)27(4)20(30)16-8-9-18(29)28(16)17-11-14(21(22,23)24)10-13(2)26-17/h5-7,10-11,16,25H,8-9H2,1-4H3/t16-/m0/s1. The lowest BCUT2D eigenvalue weighted by atomic mass is 10.1. The first kappa shape index (κ1) is 21.6. The van der Waals surface area contributed by atoms with E-state index in [2.05, 4.69) is 10.3 Å². The normalized spacial score (nSPS) is 16.7. The quantitative estimate of drug-likeness (QED) is 0.814. The van der Waals surface area contributed by atoms with Gasteiger partial charge in [0.2, 0.25) is 11.8 Å². The second kappa shape index (κ2) is 7.97. The summed E-state index contributed by atoms with van der Waals surface area (Å²) in [5, 5.41) is 3.06. The van der Waals surface area contributed by atoms with Gasteiger partial charge in [0, 0.05) is 26.2 Å². The second-order valence-corrected chi connectivity index (χ2v) is 7.29. The molecule has 2 amide bonds. The van der Waals surface area contributed by atoms with Gasteiger partial charge in [-0.25, -0.2) is 4.98 Å². The Balaban J connectivity index is 1.99. The van der Waals surface area contributed by atoms with E-state index in [9.17, 15) is 22.8 Å². The molecular formula is C21H23F3N4O2. The van der Waals surface area contributed by atoms with Gasteiger partial charge in [0.1, 0.15) is 11.9 Å². The third-order valence-electron chi connectivity index (χ3n) is 5.20. The lowest BCUT2D eigenvalue weighted by Crippen LogP contribution is -2.46. The second-order valence-electron chi connectivity index (χ2n) is 7.29. The van der Waals surface area contributed by atoms with Gasteiger partial charge < -0.3 is 10.2 Å². The minimum absolute atomic E-state index is 0.0634. The van der Waals surface area contributed by atoms with Crippen LogP contribution in [0.4, 0.5) is 30.4 Å². The molecule has 1 aliphatic heterocycles. The van der Waals surface area contributed by atoms with Crippen LogP contribution in [0.5, 0.6) is 0 Å². The van der Waals surface area contributed by atoms with Crippen molar-refractivity contribution < 1.29 is 22.8 Å². The molecule has 1 saturated heterocycles. The minimum atomic E-state index is -4.58. The van der Waals surface area contributed by atoms with Gasteiger partial charge in [-0.15, -0.1) is 0 Å². The summed E-state index contributed by atoms with van der Waals surface area (Å²) in [5.41, 5.74) is 1.53. The smallest absolute Gasteiger partial charge is 0.386 e. The van der Waals surface area contributed by atoms with Crippen LogP contribution in [0.15, 0.2) is 30.3 Å². The van der Waals surface area contributed by atoms with E-state index in [0.717, 1.165) is 28.3 Å². The average molecular weight is 420 g/mol. The number of amides is 2. The van der Waals surface area contributed by atoms with Gasteiger partial charge in [0.05, 0.1) is 16.9 Å². The highest BCUT2D eigenvalue weighted by atomic mass is 19.4. The van der Waals surface area contributed by atoms with Crippen molar-refractivity contribution in [3.05, 3.63) is 47.2 Å². The number of halogens is 3. The Hall–Kier alpha value is -3.10. The average Bonchev–Trinajstić information content (AvgIpc) is 3.06. The number of anilines is 3. The number of nitrogens with one attached hydrogen (secondary N) is 1. The highest BCUT2D eigenvalue weighted by Crippen LogP contribution is 2.35. The third kappa shape index (κ3) is 3.96. The van der Waals surface area contributed by atoms with E-state index in [1.807, 2.05) is 19.1 Å². The number of benzene rings is 1. The molecule has 0 unspecified atom stereocenters. The summed E-state index contributed by atoms with van der Waals surface area (Å²) in [5.74, 6) is -0.972. The van der Waals surface area contributed by atoms with E-state index in [1.165, 1.54) is 11.8 Å². The van der Waals surface area contributed by atoms with Gasteiger partial charge >= 0.3 is 6.18 Å². The molecule has 1 fully saturated rings. The Kier molecular flexibility index (Phi) is 5.74. The van der Waals surface area contributed by atoms with E-state index in [1.54, 1.807) is 20.2 Å². The molecule has 1 aromatic heterocycles. The van der Waals surface area contributed by atoms with Gasteiger partial charge in [0.15, 0.2) is 0 Å². The van der Waals surface area contributed by atoms with Crippen molar-refractivity contribution in [3.8, 4) is 0 Å². The Morgan fingerprint density at radius 3 is 2.60 bits per heavy atom. The number of aromatic nitrogens is 1. The number of alkyl halides is 3. The Labute approximate surface area is 172 Å². The summed E-state index contributed by atoms with van der Waals surface area (Å²) in [7, 11) is 3.33. The molecule has 0 radical (unpaired) electrons. The Morgan fingerprint density at radius 1 is 1.27 bits per heavy atom. The van der Waals surface area contributed by atoms with E-state index in [0.29, 0.717) is 5.69 Å². The predicted molar refractivity (Wildman–Crippen MR) is 109 cm³/mol. The Morgan fingerprint density at radius 2 is 1.97 bits per heavy atom. The van der Waals surface area contributed by atoms with Gasteiger partial charge in [-0.05, 0) is 44.0 Å². The zero-order valence-corrected chi connectivity index (χ0v) is 17.2. The van der Waals surface area contributed by atoms with Crippen LogP contribution in [0.3, 0.4) is 0 Å². The molecule has 2 aromatic rings. The summed E-state index contributed by atoms with van der Waals surface area (Å²) < 4.78 is 39.7. The fourth-order valence-corrected chi connectivity index (χ4v) is 3.74. The number of pyridine rings is 1. The van der Waals surface area contributed by atoms with Crippen molar-refractivity contribution in [1.82, 2.24) is 4.98 Å². The molecule has 3 rings (SSSR count). The van der Waals surface area contributed by atoms with Crippen LogP contribution in [-0.2, 0) is 15.8 Å². The topological polar surface area (TPSA) is 65.5 Å². The minimum Gasteiger partial charge on any atom is -0.386 e. The van der Waals surface area contributed by atoms with Crippen molar-refractivity contribution >= 4 is 29.0 Å². The fourth-order valence-electron chi connectivity index (χ4n) is 3.74. The van der Waals surface area contributed by atoms with Crippen molar-refractivity contribution in [2.24, 2.45) is 0 Å². The lowest BCUT2D eigenvalue weighted by molar-refractivity contribution is -0.137. The number of aryl methyl sites for hydroxylation is 2. The number of carbonyl (C=O) groups excluding carboxylic acids is 2. The number of nitrogens with zero attached hydrogens (tertiary/aromatic N) is 3. The number of para-hydroxylation sites is 1. The van der Waals surface area contributed by atoms with Crippen LogP contribution < -0.4 is 15.1 Å². The molecule has 2 heterocycles. The van der Waals surface area contributed by atoms with Crippen LogP contribution in [0.25, 0.3) is 0 Å². The van der Waals surface area contributed by atoms with Crippen LogP contribution in [0, 0.1) is 13.8 Å². The van der Waals surface area contributed by atoms with E-state index < -0.39 is 23.7 Å². The molecule has 1 N–H and O–H groups in total. The van der Waals surface area contributed by atoms with Crippen LogP contribution in [-0.4, -0.2) is 36.9 Å².